The quantitative estimate of drug-likeness (QED) is 0.504. The SMILES string of the molecule is COC(=O)c1cccc(NC(=O)CSc2nccn2-c2ccc(C)c(C)c2)c1. The van der Waals surface area contributed by atoms with Crippen LogP contribution >= 0.6 is 11.8 Å². The van der Waals surface area contributed by atoms with Crippen LogP contribution in [-0.2, 0) is 9.53 Å². The molecular formula is C21H21N3O3S. The van der Waals surface area contributed by atoms with E-state index in [4.69, 9.17) is 4.74 Å². The molecule has 0 aliphatic heterocycles. The van der Waals surface area contributed by atoms with E-state index in [0.29, 0.717) is 11.3 Å². The number of thioether (sulfide) groups is 1. The van der Waals surface area contributed by atoms with Gasteiger partial charge in [-0.1, -0.05) is 23.9 Å². The second-order valence-corrected chi connectivity index (χ2v) is 7.20. The predicted molar refractivity (Wildman–Crippen MR) is 110 cm³/mol. The number of esters is 1. The van der Waals surface area contributed by atoms with Gasteiger partial charge in [-0.2, -0.15) is 0 Å². The first-order valence-electron chi connectivity index (χ1n) is 8.70. The summed E-state index contributed by atoms with van der Waals surface area (Å²) in [7, 11) is 1.32. The number of rotatable bonds is 6. The molecule has 0 saturated heterocycles. The largest absolute Gasteiger partial charge is 0.465 e. The number of methoxy groups -OCH3 is 1. The number of nitrogens with one attached hydrogen (secondary N) is 1. The molecule has 3 aromatic rings. The van der Waals surface area contributed by atoms with E-state index < -0.39 is 5.97 Å². The van der Waals surface area contributed by atoms with Gasteiger partial charge in [-0.25, -0.2) is 9.78 Å². The van der Waals surface area contributed by atoms with Gasteiger partial charge in [0.2, 0.25) is 5.91 Å². The molecule has 0 aliphatic carbocycles. The molecule has 0 spiro atoms. The second-order valence-electron chi connectivity index (χ2n) is 6.26. The fourth-order valence-electron chi connectivity index (χ4n) is 2.64. The monoisotopic (exact) mass is 395 g/mol. The van der Waals surface area contributed by atoms with Crippen molar-refractivity contribution >= 4 is 29.3 Å². The number of aryl methyl sites for hydroxylation is 2. The van der Waals surface area contributed by atoms with Crippen molar-refractivity contribution in [3.63, 3.8) is 0 Å². The van der Waals surface area contributed by atoms with Crippen molar-refractivity contribution in [3.8, 4) is 5.69 Å². The van der Waals surface area contributed by atoms with Crippen LogP contribution in [0.25, 0.3) is 5.69 Å². The number of nitrogens with zero attached hydrogens (tertiary/aromatic N) is 2. The Morgan fingerprint density at radius 2 is 1.96 bits per heavy atom. The molecule has 0 unspecified atom stereocenters. The molecule has 0 fully saturated rings. The zero-order valence-corrected chi connectivity index (χ0v) is 16.7. The van der Waals surface area contributed by atoms with Crippen molar-refractivity contribution in [2.75, 3.05) is 18.2 Å². The number of hydrogen-bond donors (Lipinski definition) is 1. The minimum Gasteiger partial charge on any atom is -0.465 e. The topological polar surface area (TPSA) is 73.2 Å². The standard InChI is InChI=1S/C21H21N3O3S/c1-14-7-8-18(11-15(14)2)24-10-9-22-21(24)28-13-19(25)23-17-6-4-5-16(12-17)20(26)27-3/h4-12H,13H2,1-3H3,(H,23,25). The highest BCUT2D eigenvalue weighted by Gasteiger charge is 2.11. The molecular weight excluding hydrogens is 374 g/mol. The van der Waals surface area contributed by atoms with E-state index in [0.717, 1.165) is 10.8 Å². The molecule has 1 N–H and O–H groups in total. The molecule has 0 atom stereocenters. The van der Waals surface area contributed by atoms with Gasteiger partial charge >= 0.3 is 5.97 Å². The van der Waals surface area contributed by atoms with Crippen molar-refractivity contribution in [2.45, 2.75) is 19.0 Å². The van der Waals surface area contributed by atoms with E-state index in [-0.39, 0.29) is 11.7 Å². The lowest BCUT2D eigenvalue weighted by Gasteiger charge is -2.10. The molecule has 7 heteroatoms. The maximum atomic E-state index is 12.3. The van der Waals surface area contributed by atoms with Crippen LogP contribution in [0.5, 0.6) is 0 Å². The average molecular weight is 395 g/mol. The molecule has 0 bridgehead atoms. The van der Waals surface area contributed by atoms with Crippen LogP contribution in [0.15, 0.2) is 60.0 Å². The molecule has 1 heterocycles. The lowest BCUT2D eigenvalue weighted by molar-refractivity contribution is -0.113. The molecule has 1 amide bonds. The Kier molecular flexibility index (Phi) is 6.16. The van der Waals surface area contributed by atoms with Crippen LogP contribution in [0, 0.1) is 13.8 Å². The predicted octanol–water partition coefficient (Wildman–Crippen LogP) is 4.01. The van der Waals surface area contributed by atoms with Gasteiger partial charge in [0.15, 0.2) is 5.16 Å². The summed E-state index contributed by atoms with van der Waals surface area (Å²) in [5.74, 6) is -0.424. The maximum Gasteiger partial charge on any atom is 0.337 e. The molecule has 0 saturated carbocycles. The fourth-order valence-corrected chi connectivity index (χ4v) is 3.41. The van der Waals surface area contributed by atoms with Gasteiger partial charge in [0, 0.05) is 23.8 Å². The van der Waals surface area contributed by atoms with Gasteiger partial charge in [0.1, 0.15) is 0 Å². The Morgan fingerprint density at radius 3 is 2.71 bits per heavy atom. The maximum absolute atomic E-state index is 12.3. The van der Waals surface area contributed by atoms with E-state index in [1.165, 1.54) is 30.0 Å². The molecule has 2 aromatic carbocycles. The Labute approximate surface area is 167 Å². The minimum absolute atomic E-state index is 0.179. The smallest absolute Gasteiger partial charge is 0.337 e. The molecule has 3 rings (SSSR count). The van der Waals surface area contributed by atoms with Crippen molar-refractivity contribution in [2.24, 2.45) is 0 Å². The van der Waals surface area contributed by atoms with Gasteiger partial charge in [-0.15, -0.1) is 0 Å². The van der Waals surface area contributed by atoms with Crippen molar-refractivity contribution in [1.82, 2.24) is 9.55 Å². The zero-order valence-electron chi connectivity index (χ0n) is 15.9. The number of anilines is 1. The van der Waals surface area contributed by atoms with Crippen molar-refractivity contribution in [3.05, 3.63) is 71.5 Å². The van der Waals surface area contributed by atoms with Crippen LogP contribution in [-0.4, -0.2) is 34.3 Å². The van der Waals surface area contributed by atoms with Gasteiger partial charge in [0.25, 0.3) is 0 Å². The summed E-state index contributed by atoms with van der Waals surface area (Å²) in [5.41, 5.74) is 4.37. The Morgan fingerprint density at radius 1 is 1.14 bits per heavy atom. The summed E-state index contributed by atoms with van der Waals surface area (Å²) in [5, 5.41) is 3.53. The third-order valence-corrected chi connectivity index (χ3v) is 5.24. The van der Waals surface area contributed by atoms with E-state index in [9.17, 15) is 9.59 Å². The number of ether oxygens (including phenoxy) is 1. The summed E-state index contributed by atoms with van der Waals surface area (Å²) in [6.07, 6.45) is 3.60. The zero-order chi connectivity index (χ0) is 20.1. The third-order valence-electron chi connectivity index (χ3n) is 4.28. The lowest BCUT2D eigenvalue weighted by atomic mass is 10.1. The van der Waals surface area contributed by atoms with E-state index >= 15 is 0 Å². The molecule has 6 nitrogen and oxygen atoms in total. The molecule has 0 aliphatic rings. The first kappa shape index (κ1) is 19.7. The number of benzene rings is 2. The first-order chi connectivity index (χ1) is 13.5. The van der Waals surface area contributed by atoms with Crippen molar-refractivity contribution < 1.29 is 14.3 Å². The van der Waals surface area contributed by atoms with Crippen LogP contribution in [0.1, 0.15) is 21.5 Å². The summed E-state index contributed by atoms with van der Waals surface area (Å²) >= 11 is 1.35. The van der Waals surface area contributed by atoms with Crippen LogP contribution in [0.4, 0.5) is 5.69 Å². The molecule has 28 heavy (non-hydrogen) atoms. The Balaban J connectivity index is 1.65. The Bertz CT molecular complexity index is 1010. The summed E-state index contributed by atoms with van der Waals surface area (Å²) in [6.45, 7) is 4.14. The summed E-state index contributed by atoms with van der Waals surface area (Å²) in [4.78, 5) is 28.3. The summed E-state index contributed by atoms with van der Waals surface area (Å²) in [6, 6.07) is 12.8. The van der Waals surface area contributed by atoms with Gasteiger partial charge in [-0.05, 0) is 55.3 Å². The first-order valence-corrected chi connectivity index (χ1v) is 9.68. The number of carbonyl (C=O) groups excluding carboxylic acids is 2. The number of aromatic nitrogens is 2. The second kappa shape index (κ2) is 8.75. The van der Waals surface area contributed by atoms with Gasteiger partial charge < -0.3 is 10.1 Å². The third kappa shape index (κ3) is 4.61. The molecule has 0 radical (unpaired) electrons. The van der Waals surface area contributed by atoms with E-state index in [2.05, 4.69) is 36.3 Å². The average Bonchev–Trinajstić information content (AvgIpc) is 3.16. The highest BCUT2D eigenvalue weighted by molar-refractivity contribution is 7.99. The van der Waals surface area contributed by atoms with E-state index in [1.807, 2.05) is 16.8 Å². The number of carbonyl (C=O) groups is 2. The van der Waals surface area contributed by atoms with Crippen LogP contribution < -0.4 is 5.32 Å². The highest BCUT2D eigenvalue weighted by atomic mass is 32.2. The summed E-state index contributed by atoms with van der Waals surface area (Å²) < 4.78 is 6.66. The van der Waals surface area contributed by atoms with Gasteiger partial charge in [0.05, 0.1) is 18.4 Å². The molecule has 1 aromatic heterocycles. The Hall–Kier alpha value is -3.06. The lowest BCUT2D eigenvalue weighted by Crippen LogP contribution is -2.15. The number of amides is 1. The molecule has 144 valence electrons. The van der Waals surface area contributed by atoms with Crippen molar-refractivity contribution in [1.29, 1.82) is 0 Å². The number of imidazole rings is 1. The van der Waals surface area contributed by atoms with Gasteiger partial charge in [-0.3, -0.25) is 9.36 Å². The number of hydrogen-bond acceptors (Lipinski definition) is 5. The minimum atomic E-state index is -0.444. The fraction of sp³-hybridized carbons (Fsp3) is 0.190. The van der Waals surface area contributed by atoms with Crippen LogP contribution in [0.3, 0.4) is 0 Å². The van der Waals surface area contributed by atoms with E-state index in [1.54, 1.807) is 30.5 Å². The normalized spacial score (nSPS) is 10.5. The van der Waals surface area contributed by atoms with Crippen LogP contribution in [0.2, 0.25) is 0 Å². The highest BCUT2D eigenvalue weighted by Crippen LogP contribution is 2.22.